The molecule has 4 nitrogen and oxygen atoms in total. The molecular formula is C28H25NO3. The van der Waals surface area contributed by atoms with Gasteiger partial charge >= 0.3 is 0 Å². The van der Waals surface area contributed by atoms with Crippen LogP contribution in [0.1, 0.15) is 28.7 Å². The van der Waals surface area contributed by atoms with E-state index in [1.54, 1.807) is 29.2 Å². The quantitative estimate of drug-likeness (QED) is 0.432. The Labute approximate surface area is 188 Å². The molecule has 4 rings (SSSR count). The Balaban J connectivity index is 1.52. The third-order valence-corrected chi connectivity index (χ3v) is 5.61. The van der Waals surface area contributed by atoms with E-state index in [4.69, 9.17) is 0 Å². The standard InChI is InChI=1S/C28H25NO3/c1-21-15-17-23(18-16-21)20-29-26-14-8-7-13-25(26)28(32,27(29)31)19-24(30)12-6-5-11-22-9-3-2-4-10-22/h2-18,32H,19-20H2,1H3. The number of aliphatic hydroxyl groups is 1. The fraction of sp³-hybridized carbons (Fsp3) is 0.143. The van der Waals surface area contributed by atoms with Crippen molar-refractivity contribution < 1.29 is 14.7 Å². The highest BCUT2D eigenvalue weighted by Crippen LogP contribution is 2.43. The monoisotopic (exact) mass is 423 g/mol. The van der Waals surface area contributed by atoms with Crippen molar-refractivity contribution in [3.8, 4) is 0 Å². The maximum atomic E-state index is 13.3. The van der Waals surface area contributed by atoms with Crippen LogP contribution in [0.2, 0.25) is 0 Å². The van der Waals surface area contributed by atoms with E-state index in [1.165, 1.54) is 6.08 Å². The number of nitrogens with zero attached hydrogens (tertiary/aromatic N) is 1. The number of allylic oxidation sites excluding steroid dienone is 3. The van der Waals surface area contributed by atoms with Crippen molar-refractivity contribution in [3.05, 3.63) is 119 Å². The minimum atomic E-state index is -1.87. The van der Waals surface area contributed by atoms with Crippen LogP contribution in [0.5, 0.6) is 0 Å². The number of rotatable bonds is 7. The van der Waals surface area contributed by atoms with Gasteiger partial charge < -0.3 is 10.0 Å². The van der Waals surface area contributed by atoms with Gasteiger partial charge in [-0.3, -0.25) is 9.59 Å². The number of aryl methyl sites for hydroxylation is 1. The van der Waals surface area contributed by atoms with Crippen LogP contribution in [0.25, 0.3) is 6.08 Å². The summed E-state index contributed by atoms with van der Waals surface area (Å²) >= 11 is 0. The van der Waals surface area contributed by atoms with Crippen molar-refractivity contribution in [1.82, 2.24) is 0 Å². The third kappa shape index (κ3) is 4.46. The van der Waals surface area contributed by atoms with E-state index in [0.29, 0.717) is 17.8 Å². The van der Waals surface area contributed by atoms with Crippen LogP contribution in [0.15, 0.2) is 97.1 Å². The first-order chi connectivity index (χ1) is 15.5. The molecule has 1 aliphatic rings. The molecule has 0 saturated heterocycles. The molecule has 1 heterocycles. The summed E-state index contributed by atoms with van der Waals surface area (Å²) < 4.78 is 0. The van der Waals surface area contributed by atoms with E-state index in [9.17, 15) is 14.7 Å². The number of amides is 1. The van der Waals surface area contributed by atoms with Gasteiger partial charge in [-0.15, -0.1) is 0 Å². The summed E-state index contributed by atoms with van der Waals surface area (Å²) in [5.41, 5.74) is 2.36. The first-order valence-electron chi connectivity index (χ1n) is 10.6. The van der Waals surface area contributed by atoms with Crippen molar-refractivity contribution in [2.45, 2.75) is 25.5 Å². The number of hydrogen-bond donors (Lipinski definition) is 1. The Hall–Kier alpha value is -3.76. The fourth-order valence-corrected chi connectivity index (χ4v) is 3.92. The predicted molar refractivity (Wildman–Crippen MR) is 127 cm³/mol. The Kier molecular flexibility index (Phi) is 6.15. The smallest absolute Gasteiger partial charge is 0.264 e. The summed E-state index contributed by atoms with van der Waals surface area (Å²) in [5, 5.41) is 11.3. The lowest BCUT2D eigenvalue weighted by atomic mass is 9.90. The van der Waals surface area contributed by atoms with E-state index in [0.717, 1.165) is 16.7 Å². The number of anilines is 1. The van der Waals surface area contributed by atoms with Crippen LogP contribution in [0.4, 0.5) is 5.69 Å². The summed E-state index contributed by atoms with van der Waals surface area (Å²) in [6.07, 6.45) is 6.39. The molecule has 0 aliphatic carbocycles. The number of fused-ring (bicyclic) bond motifs is 1. The molecule has 4 heteroatoms. The van der Waals surface area contributed by atoms with Crippen molar-refractivity contribution in [3.63, 3.8) is 0 Å². The largest absolute Gasteiger partial charge is 0.375 e. The first-order valence-corrected chi connectivity index (χ1v) is 10.6. The number of hydrogen-bond acceptors (Lipinski definition) is 3. The number of benzene rings is 3. The van der Waals surface area contributed by atoms with Crippen LogP contribution < -0.4 is 4.90 Å². The first kappa shape index (κ1) is 21.5. The molecule has 0 saturated carbocycles. The average molecular weight is 424 g/mol. The van der Waals surface area contributed by atoms with E-state index in [-0.39, 0.29) is 12.2 Å². The number of ketones is 1. The van der Waals surface area contributed by atoms with E-state index in [2.05, 4.69) is 0 Å². The average Bonchev–Trinajstić information content (AvgIpc) is 3.01. The zero-order valence-corrected chi connectivity index (χ0v) is 17.9. The minimum absolute atomic E-state index is 0.303. The summed E-state index contributed by atoms with van der Waals surface area (Å²) in [7, 11) is 0. The van der Waals surface area contributed by atoms with Crippen molar-refractivity contribution in [2.75, 3.05) is 4.90 Å². The molecule has 1 unspecified atom stereocenters. The predicted octanol–water partition coefficient (Wildman–Crippen LogP) is 4.96. The number of carbonyl (C=O) groups excluding carboxylic acids is 2. The zero-order chi connectivity index (χ0) is 22.6. The Morgan fingerprint density at radius 1 is 0.938 bits per heavy atom. The molecule has 1 aliphatic heterocycles. The lowest BCUT2D eigenvalue weighted by Crippen LogP contribution is -2.41. The summed E-state index contributed by atoms with van der Waals surface area (Å²) in [5.74, 6) is -0.786. The highest BCUT2D eigenvalue weighted by atomic mass is 16.3. The fourth-order valence-electron chi connectivity index (χ4n) is 3.92. The highest BCUT2D eigenvalue weighted by molar-refractivity contribution is 6.09. The Morgan fingerprint density at radius 2 is 1.62 bits per heavy atom. The van der Waals surface area contributed by atoms with Crippen LogP contribution >= 0.6 is 0 Å². The van der Waals surface area contributed by atoms with Gasteiger partial charge in [0.1, 0.15) is 0 Å². The second-order valence-corrected chi connectivity index (χ2v) is 8.03. The second kappa shape index (κ2) is 9.16. The summed E-state index contributed by atoms with van der Waals surface area (Å²) in [6.45, 7) is 2.34. The molecule has 1 atom stereocenters. The Morgan fingerprint density at radius 3 is 2.38 bits per heavy atom. The van der Waals surface area contributed by atoms with Gasteiger partial charge in [0.2, 0.25) is 0 Å². The molecule has 32 heavy (non-hydrogen) atoms. The molecule has 0 radical (unpaired) electrons. The molecule has 160 valence electrons. The zero-order valence-electron chi connectivity index (χ0n) is 17.9. The van der Waals surface area contributed by atoms with Gasteiger partial charge in [-0.1, -0.05) is 96.6 Å². The molecule has 0 aromatic heterocycles. The number of carbonyl (C=O) groups is 2. The molecule has 1 amide bonds. The summed E-state index contributed by atoms with van der Waals surface area (Å²) in [4.78, 5) is 27.5. The van der Waals surface area contributed by atoms with Gasteiger partial charge in [0.25, 0.3) is 5.91 Å². The van der Waals surface area contributed by atoms with E-state index in [1.807, 2.05) is 79.7 Å². The van der Waals surface area contributed by atoms with Gasteiger partial charge in [-0.05, 0) is 30.2 Å². The van der Waals surface area contributed by atoms with Crippen molar-refractivity contribution in [2.24, 2.45) is 0 Å². The second-order valence-electron chi connectivity index (χ2n) is 8.03. The van der Waals surface area contributed by atoms with E-state index < -0.39 is 11.5 Å². The maximum absolute atomic E-state index is 13.3. The molecule has 3 aromatic rings. The SMILES string of the molecule is Cc1ccc(CN2C(=O)C(O)(CC(=O)C=CC=Cc3ccccc3)c3ccccc32)cc1. The molecule has 0 bridgehead atoms. The van der Waals surface area contributed by atoms with Crippen molar-refractivity contribution >= 4 is 23.5 Å². The lowest BCUT2D eigenvalue weighted by Gasteiger charge is -2.22. The minimum Gasteiger partial charge on any atom is -0.375 e. The normalized spacial score (nSPS) is 17.9. The molecule has 3 aromatic carbocycles. The molecular weight excluding hydrogens is 398 g/mol. The van der Waals surface area contributed by atoms with Gasteiger partial charge in [-0.25, -0.2) is 0 Å². The van der Waals surface area contributed by atoms with Crippen LogP contribution in [0.3, 0.4) is 0 Å². The highest BCUT2D eigenvalue weighted by Gasteiger charge is 2.50. The van der Waals surface area contributed by atoms with Gasteiger partial charge in [0, 0.05) is 5.56 Å². The van der Waals surface area contributed by atoms with Gasteiger partial charge in [-0.2, -0.15) is 0 Å². The maximum Gasteiger partial charge on any atom is 0.264 e. The lowest BCUT2D eigenvalue weighted by molar-refractivity contribution is -0.140. The van der Waals surface area contributed by atoms with Crippen LogP contribution in [0, 0.1) is 6.92 Å². The van der Waals surface area contributed by atoms with Crippen LogP contribution in [-0.2, 0) is 21.7 Å². The van der Waals surface area contributed by atoms with E-state index >= 15 is 0 Å². The summed E-state index contributed by atoms with van der Waals surface area (Å²) in [6, 6.07) is 24.8. The van der Waals surface area contributed by atoms with Crippen molar-refractivity contribution in [1.29, 1.82) is 0 Å². The third-order valence-electron chi connectivity index (χ3n) is 5.61. The number of para-hydroxylation sites is 1. The van der Waals surface area contributed by atoms with Gasteiger partial charge in [0.15, 0.2) is 11.4 Å². The van der Waals surface area contributed by atoms with Crippen LogP contribution in [-0.4, -0.2) is 16.8 Å². The topological polar surface area (TPSA) is 57.6 Å². The molecule has 0 fully saturated rings. The van der Waals surface area contributed by atoms with Gasteiger partial charge in [0.05, 0.1) is 18.7 Å². The Bertz CT molecular complexity index is 1180. The molecule has 0 spiro atoms. The molecule has 1 N–H and O–H groups in total.